The maximum Gasteiger partial charge on any atom is 0.278 e. The minimum absolute atomic E-state index is 0.388. The Kier molecular flexibility index (Phi) is 6.08. The molecule has 4 aliphatic rings. The smallest absolute Gasteiger partial charge is 0.278 e. The molecule has 4 atom stereocenters. The zero-order chi connectivity index (χ0) is 30.7. The van der Waals surface area contributed by atoms with E-state index in [1.807, 2.05) is 24.3 Å². The summed E-state index contributed by atoms with van der Waals surface area (Å²) in [6.07, 6.45) is 4.94. The van der Waals surface area contributed by atoms with Crippen molar-refractivity contribution in [3.8, 4) is 0 Å². The maximum atomic E-state index is 13.4. The largest absolute Gasteiger partial charge is 0.381 e. The molecule has 2 saturated heterocycles. The van der Waals surface area contributed by atoms with Crippen molar-refractivity contribution in [1.29, 1.82) is 0 Å². The van der Waals surface area contributed by atoms with E-state index in [1.165, 1.54) is 0 Å². The average molecular weight is 599 g/mol. The van der Waals surface area contributed by atoms with E-state index >= 15 is 0 Å². The number of rotatable bonds is 6. The Bertz CT molecular complexity index is 1790. The molecule has 220 valence electrons. The van der Waals surface area contributed by atoms with Crippen LogP contribution in [0, 0.1) is 11.8 Å². The first-order valence-electron chi connectivity index (χ1n) is 14.2. The lowest BCUT2D eigenvalue weighted by Crippen LogP contribution is -2.33. The zero-order valence-corrected chi connectivity index (χ0v) is 23.4. The number of carbonyl (C=O) groups is 4. The summed E-state index contributed by atoms with van der Waals surface area (Å²) in [6.45, 7) is 0. The minimum atomic E-state index is -0.992. The molecule has 12 heteroatoms. The van der Waals surface area contributed by atoms with Crippen LogP contribution >= 0.6 is 0 Å². The van der Waals surface area contributed by atoms with E-state index in [0.717, 1.165) is 20.9 Å². The lowest BCUT2D eigenvalue weighted by molar-refractivity contribution is -0.127. The van der Waals surface area contributed by atoms with Gasteiger partial charge in [-0.2, -0.15) is 0 Å². The molecule has 45 heavy (non-hydrogen) atoms. The third-order valence-electron chi connectivity index (χ3n) is 8.37. The molecule has 8 rings (SSSR count). The summed E-state index contributed by atoms with van der Waals surface area (Å²) in [4.78, 5) is 74.0. The van der Waals surface area contributed by atoms with Gasteiger partial charge in [-0.3, -0.25) is 29.1 Å². The second-order valence-electron chi connectivity index (χ2n) is 11.0. The number of benzene rings is 2. The van der Waals surface area contributed by atoms with Gasteiger partial charge < -0.3 is 9.68 Å². The maximum absolute atomic E-state index is 13.4. The first-order chi connectivity index (χ1) is 22.0. The fraction of sp³-hybridized carbons (Fsp3) is 0.152. The Labute approximate surface area is 255 Å². The minimum Gasteiger partial charge on any atom is -0.381 e. The molecule has 4 aliphatic heterocycles. The molecule has 6 heterocycles. The van der Waals surface area contributed by atoms with Gasteiger partial charge in [0.2, 0.25) is 24.0 Å². The second kappa shape index (κ2) is 10.3. The summed E-state index contributed by atoms with van der Waals surface area (Å²) in [6, 6.07) is 21.2. The molecule has 0 aliphatic carbocycles. The van der Waals surface area contributed by atoms with Crippen molar-refractivity contribution in [3.63, 3.8) is 0 Å². The molecule has 0 radical (unpaired) electrons. The molecule has 2 aromatic carbocycles. The van der Waals surface area contributed by atoms with E-state index in [4.69, 9.17) is 9.68 Å². The van der Waals surface area contributed by atoms with Gasteiger partial charge in [0.1, 0.15) is 23.3 Å². The summed E-state index contributed by atoms with van der Waals surface area (Å²) >= 11 is 0. The molecule has 4 amide bonds. The lowest BCUT2D eigenvalue weighted by atomic mass is 9.95. The lowest BCUT2D eigenvalue weighted by Gasteiger charge is -2.17. The summed E-state index contributed by atoms with van der Waals surface area (Å²) < 4.78 is 0. The molecule has 12 nitrogen and oxygen atoms in total. The molecular formula is C33H22N6O6. The number of fused-ring (bicyclic) bond motifs is 2. The Hall–Kier alpha value is -6.04. The number of pyridine rings is 2. The highest BCUT2D eigenvalue weighted by Gasteiger charge is 2.57. The quantitative estimate of drug-likeness (QED) is 0.308. The van der Waals surface area contributed by atoms with Crippen LogP contribution in [0.4, 0.5) is 11.4 Å². The van der Waals surface area contributed by atoms with Gasteiger partial charge in [-0.15, -0.1) is 0 Å². The third kappa shape index (κ3) is 4.21. The van der Waals surface area contributed by atoms with E-state index in [1.54, 1.807) is 73.3 Å². The Balaban J connectivity index is 0.954. The fourth-order valence-electron chi connectivity index (χ4n) is 6.15. The summed E-state index contributed by atoms with van der Waals surface area (Å²) in [5.41, 5.74) is 4.97. The molecule has 0 bridgehead atoms. The topological polar surface area (TPSA) is 144 Å². The molecular weight excluding hydrogens is 576 g/mol. The Morgan fingerprint density at radius 2 is 0.889 bits per heavy atom. The molecule has 2 fully saturated rings. The summed E-state index contributed by atoms with van der Waals surface area (Å²) in [5, 5.41) is 8.03. The average Bonchev–Trinajstić information content (AvgIpc) is 3.82. The molecule has 2 aromatic heterocycles. The van der Waals surface area contributed by atoms with E-state index in [9.17, 15) is 19.2 Å². The Morgan fingerprint density at radius 3 is 1.27 bits per heavy atom. The van der Waals surface area contributed by atoms with Gasteiger partial charge in [-0.1, -0.05) is 34.6 Å². The highest BCUT2D eigenvalue weighted by atomic mass is 16.7. The highest BCUT2D eigenvalue weighted by Crippen LogP contribution is 2.37. The van der Waals surface area contributed by atoms with Gasteiger partial charge in [-0.05, 0) is 66.1 Å². The molecule has 0 spiro atoms. The number of anilines is 2. The predicted octanol–water partition coefficient (Wildman–Crippen LogP) is 2.65. The molecule has 0 N–H and O–H groups in total. The third-order valence-corrected chi connectivity index (χ3v) is 8.37. The molecule has 0 saturated carbocycles. The monoisotopic (exact) mass is 598 g/mol. The van der Waals surface area contributed by atoms with Crippen molar-refractivity contribution < 1.29 is 28.9 Å². The van der Waals surface area contributed by atoms with Gasteiger partial charge in [0.25, 0.3) is 11.8 Å². The number of carbonyl (C=O) groups excluding carboxylic acids is 4. The first-order valence-corrected chi connectivity index (χ1v) is 14.2. The van der Waals surface area contributed by atoms with Crippen molar-refractivity contribution >= 4 is 46.4 Å². The van der Waals surface area contributed by atoms with Gasteiger partial charge in [0, 0.05) is 35.9 Å². The van der Waals surface area contributed by atoms with Crippen molar-refractivity contribution in [2.75, 3.05) is 9.80 Å². The van der Waals surface area contributed by atoms with E-state index in [2.05, 4.69) is 20.3 Å². The fourth-order valence-corrected chi connectivity index (χ4v) is 6.15. The number of imide groups is 2. The zero-order valence-electron chi connectivity index (χ0n) is 23.4. The van der Waals surface area contributed by atoms with Crippen LogP contribution in [0.3, 0.4) is 0 Å². The van der Waals surface area contributed by atoms with E-state index in [0.29, 0.717) is 40.3 Å². The summed E-state index contributed by atoms with van der Waals surface area (Å²) in [7, 11) is 0. The van der Waals surface area contributed by atoms with Gasteiger partial charge in [0.15, 0.2) is 0 Å². The van der Waals surface area contributed by atoms with Crippen LogP contribution in [0.15, 0.2) is 108 Å². The number of amides is 4. The van der Waals surface area contributed by atoms with Crippen LogP contribution in [-0.2, 0) is 35.3 Å². The van der Waals surface area contributed by atoms with Crippen molar-refractivity contribution in [2.45, 2.75) is 18.6 Å². The van der Waals surface area contributed by atoms with Crippen molar-refractivity contribution in [3.05, 3.63) is 120 Å². The first kappa shape index (κ1) is 26.6. The normalized spacial score (nSPS) is 23.5. The van der Waals surface area contributed by atoms with Gasteiger partial charge in [0.05, 0.1) is 11.4 Å². The number of hydrogen-bond acceptors (Lipinski definition) is 10. The van der Waals surface area contributed by atoms with Crippen LogP contribution in [0.2, 0.25) is 0 Å². The van der Waals surface area contributed by atoms with Crippen LogP contribution in [0.1, 0.15) is 22.3 Å². The van der Waals surface area contributed by atoms with Gasteiger partial charge in [-0.25, -0.2) is 9.80 Å². The number of oxime groups is 2. The van der Waals surface area contributed by atoms with Crippen molar-refractivity contribution in [2.24, 2.45) is 22.1 Å². The van der Waals surface area contributed by atoms with Crippen LogP contribution in [-0.4, -0.2) is 57.2 Å². The van der Waals surface area contributed by atoms with Crippen molar-refractivity contribution in [1.82, 2.24) is 9.97 Å². The van der Waals surface area contributed by atoms with E-state index in [-0.39, 0.29) is 11.8 Å². The molecule has 4 unspecified atom stereocenters. The number of aromatic nitrogens is 2. The number of hydrogen-bond donors (Lipinski definition) is 0. The standard InChI is InChI=1S/C33H22N6O6/c40-30-24-26(20-9-13-34-14-10-20)36-44-28(24)32(42)38(30)22-5-1-18(2-6-22)17-19-3-7-23(8-4-19)39-31(41)25-27(21-11-15-35-16-12-21)37-45-29(25)33(39)43/h1-16,24-25,28-29H,17H2. The number of nitrogens with zero attached hydrogens (tertiary/aromatic N) is 6. The molecule has 4 aromatic rings. The highest BCUT2D eigenvalue weighted by molar-refractivity contribution is 6.33. The van der Waals surface area contributed by atoms with Crippen LogP contribution in [0.25, 0.3) is 0 Å². The predicted molar refractivity (Wildman–Crippen MR) is 159 cm³/mol. The van der Waals surface area contributed by atoms with Crippen LogP contribution < -0.4 is 9.80 Å². The Morgan fingerprint density at radius 1 is 0.511 bits per heavy atom. The van der Waals surface area contributed by atoms with Gasteiger partial charge >= 0.3 is 0 Å². The summed E-state index contributed by atoms with van der Waals surface area (Å²) in [5.74, 6) is -3.31. The second-order valence-corrected chi connectivity index (χ2v) is 11.0. The van der Waals surface area contributed by atoms with E-state index < -0.39 is 35.9 Å². The van der Waals surface area contributed by atoms with Crippen LogP contribution in [0.5, 0.6) is 0 Å². The SMILES string of the molecule is O=C1C2ON=C(c3ccncc3)C2C(=O)N1c1ccc(Cc2ccc(N3C(=O)C4ON=C(c5ccncc5)C4C3=O)cc2)cc1.